The van der Waals surface area contributed by atoms with Crippen LogP contribution in [0.2, 0.25) is 0 Å². The first-order chi connectivity index (χ1) is 20.8. The van der Waals surface area contributed by atoms with Crippen LogP contribution in [0.3, 0.4) is 0 Å². The van der Waals surface area contributed by atoms with Crippen LogP contribution in [0.5, 0.6) is 0 Å². The molecule has 0 saturated carbocycles. The van der Waals surface area contributed by atoms with Crippen LogP contribution in [0.25, 0.3) is 45.1 Å². The van der Waals surface area contributed by atoms with E-state index in [1.807, 2.05) is 38.1 Å². The molecule has 7 rings (SSSR count). The number of aliphatic imine (C=N–C) groups is 2. The van der Waals surface area contributed by atoms with Gasteiger partial charge in [0.15, 0.2) is 0 Å². The number of fused-ring (bicyclic) bond motifs is 4. The van der Waals surface area contributed by atoms with Gasteiger partial charge in [-0.3, -0.25) is 9.98 Å². The second-order valence-corrected chi connectivity index (χ2v) is 9.22. The number of aryl methyl sites for hydroxylation is 2. The molecule has 4 heteroatoms. The Hall–Kier alpha value is -4.44. The Labute approximate surface area is 221 Å². The number of rotatable bonds is 2. The Morgan fingerprint density at radius 2 is 0.972 bits per heavy atom. The number of nitrogens with one attached hydrogen (secondary N) is 2. The molecule has 3 aromatic carbocycles. The largest absolute Gasteiger partial charge is 0.358 e. The van der Waals surface area contributed by atoms with E-state index in [0.717, 1.165) is 33.7 Å². The van der Waals surface area contributed by atoms with E-state index in [1.54, 1.807) is 13.8 Å². The van der Waals surface area contributed by atoms with Gasteiger partial charge in [0.25, 0.3) is 0 Å². The summed E-state index contributed by atoms with van der Waals surface area (Å²) in [5.74, 6) is 0. The molecule has 0 spiro atoms. The summed E-state index contributed by atoms with van der Waals surface area (Å²) in [5, 5.41) is 1.78. The maximum absolute atomic E-state index is 8.54. The molecule has 2 aliphatic heterocycles. The summed E-state index contributed by atoms with van der Waals surface area (Å²) >= 11 is 0. The van der Waals surface area contributed by atoms with Gasteiger partial charge in [0, 0.05) is 78.0 Å². The molecule has 0 fully saturated rings. The average Bonchev–Trinajstić information content (AvgIpc) is 3.68. The van der Waals surface area contributed by atoms with Gasteiger partial charge in [-0.1, -0.05) is 48.3 Å². The first kappa shape index (κ1) is 14.2. The molecule has 0 bridgehead atoms. The topological polar surface area (TPSA) is 56.3 Å². The number of aromatic nitrogens is 2. The molecule has 2 N–H and O–H groups in total. The maximum atomic E-state index is 8.54. The fourth-order valence-electron chi connectivity index (χ4n) is 5.18. The highest BCUT2D eigenvalue weighted by Gasteiger charge is 2.26. The second-order valence-electron chi connectivity index (χ2n) is 9.22. The first-order valence-corrected chi connectivity index (χ1v) is 11.7. The SMILES string of the molecule is [2H]c1c([2H])c([2H])c2c(/C=C3\N=C(C)c4cc5c(cc43)C(C)=N/C5=C\c3[nH]c(C)c4c([2H])c([2H])c([2H])c([2H])c34)[nH]c(C)c2c1[2H]. The van der Waals surface area contributed by atoms with Crippen molar-refractivity contribution >= 4 is 56.5 Å². The molecule has 0 amide bonds. The lowest BCUT2D eigenvalue weighted by atomic mass is 9.94. The Bertz CT molecular complexity index is 2140. The molecule has 4 nitrogen and oxygen atoms in total. The number of nitrogens with zero attached hydrogens (tertiary/aromatic N) is 2. The zero-order chi connectivity index (χ0) is 31.5. The molecule has 4 heterocycles. The van der Waals surface area contributed by atoms with Gasteiger partial charge < -0.3 is 9.97 Å². The Balaban J connectivity index is 1.38. The van der Waals surface area contributed by atoms with Gasteiger partial charge in [-0.2, -0.15) is 0 Å². The molecule has 0 radical (unpaired) electrons. The van der Waals surface area contributed by atoms with E-state index in [1.165, 1.54) is 0 Å². The summed E-state index contributed by atoms with van der Waals surface area (Å²) < 4.78 is 66.4. The monoisotopic (exact) mass is 474 g/mol. The number of benzene rings is 3. The molecule has 0 saturated heterocycles. The van der Waals surface area contributed by atoms with E-state index in [-0.39, 0.29) is 48.3 Å². The second kappa shape index (κ2) is 7.53. The highest BCUT2D eigenvalue weighted by Crippen LogP contribution is 2.39. The molecular weight excluding hydrogens is 440 g/mol. The molecule has 0 aliphatic carbocycles. The van der Waals surface area contributed by atoms with Crippen molar-refractivity contribution in [3.63, 3.8) is 0 Å². The molecular formula is C32H26N4. The molecule has 2 aliphatic rings. The normalized spacial score (nSPS) is 19.9. The first-order valence-electron chi connectivity index (χ1n) is 15.7. The molecule has 2 aromatic heterocycles. The third-order valence-electron chi connectivity index (χ3n) is 6.94. The van der Waals surface area contributed by atoms with Crippen molar-refractivity contribution in [2.45, 2.75) is 27.7 Å². The highest BCUT2D eigenvalue weighted by molar-refractivity contribution is 6.18. The van der Waals surface area contributed by atoms with E-state index in [9.17, 15) is 0 Å². The van der Waals surface area contributed by atoms with Crippen molar-refractivity contribution in [2.75, 3.05) is 0 Å². The predicted molar refractivity (Wildman–Crippen MR) is 153 cm³/mol. The van der Waals surface area contributed by atoms with Crippen molar-refractivity contribution in [3.05, 3.63) is 106 Å². The summed E-state index contributed by atoms with van der Waals surface area (Å²) in [6, 6.07) is 2.64. The highest BCUT2D eigenvalue weighted by atomic mass is 14.8. The van der Waals surface area contributed by atoms with E-state index in [4.69, 9.17) is 21.0 Å². The fourth-order valence-corrected chi connectivity index (χ4v) is 5.18. The predicted octanol–water partition coefficient (Wildman–Crippen LogP) is 7.91. The third-order valence-corrected chi connectivity index (χ3v) is 6.94. The van der Waals surface area contributed by atoms with Crippen molar-refractivity contribution < 1.29 is 11.0 Å². The third kappa shape index (κ3) is 3.01. The van der Waals surface area contributed by atoms with Crippen LogP contribution < -0.4 is 0 Å². The zero-order valence-corrected chi connectivity index (χ0v) is 20.2. The van der Waals surface area contributed by atoms with Gasteiger partial charge in [-0.15, -0.1) is 0 Å². The van der Waals surface area contributed by atoms with E-state index < -0.39 is 0 Å². The van der Waals surface area contributed by atoms with Crippen LogP contribution >= 0.6 is 0 Å². The lowest BCUT2D eigenvalue weighted by molar-refractivity contribution is 1.26. The van der Waals surface area contributed by atoms with Gasteiger partial charge in [0.1, 0.15) is 0 Å². The van der Waals surface area contributed by atoms with Crippen LogP contribution in [0, 0.1) is 13.8 Å². The van der Waals surface area contributed by atoms with Gasteiger partial charge in [0.2, 0.25) is 0 Å². The quantitative estimate of drug-likeness (QED) is 0.261. The lowest BCUT2D eigenvalue weighted by Crippen LogP contribution is -1.98. The van der Waals surface area contributed by atoms with Crippen molar-refractivity contribution in [3.8, 4) is 0 Å². The molecule has 0 unspecified atom stereocenters. The van der Waals surface area contributed by atoms with E-state index in [2.05, 4.69) is 9.97 Å². The fraction of sp³-hybridized carbons (Fsp3) is 0.125. The Morgan fingerprint density at radius 1 is 0.583 bits per heavy atom. The van der Waals surface area contributed by atoms with Crippen LogP contribution in [0.1, 0.15) is 69.8 Å². The average molecular weight is 475 g/mol. The number of H-pyrrole nitrogens is 2. The summed E-state index contributed by atoms with van der Waals surface area (Å²) in [6.07, 6.45) is 3.66. The Morgan fingerprint density at radius 3 is 1.39 bits per heavy atom. The smallest absolute Gasteiger partial charge is 0.0733 e. The summed E-state index contributed by atoms with van der Waals surface area (Å²) in [5.41, 5.74) is 8.95. The summed E-state index contributed by atoms with van der Waals surface area (Å²) in [7, 11) is 0. The molecule has 5 aromatic rings. The summed E-state index contributed by atoms with van der Waals surface area (Å²) in [6.45, 7) is 7.42. The molecule has 36 heavy (non-hydrogen) atoms. The Kier molecular flexibility index (Phi) is 2.97. The minimum atomic E-state index is -0.280. The van der Waals surface area contributed by atoms with Crippen LogP contribution in [0.15, 0.2) is 70.5 Å². The van der Waals surface area contributed by atoms with Gasteiger partial charge in [-0.05, 0) is 52.0 Å². The van der Waals surface area contributed by atoms with Gasteiger partial charge in [-0.25, -0.2) is 0 Å². The maximum Gasteiger partial charge on any atom is 0.0733 e. The van der Waals surface area contributed by atoms with E-state index in [0.29, 0.717) is 55.7 Å². The zero-order valence-electron chi connectivity index (χ0n) is 28.2. The molecule has 0 atom stereocenters. The van der Waals surface area contributed by atoms with Crippen molar-refractivity contribution in [1.29, 1.82) is 0 Å². The van der Waals surface area contributed by atoms with Gasteiger partial charge >= 0.3 is 0 Å². The van der Waals surface area contributed by atoms with Gasteiger partial charge in [0.05, 0.1) is 22.4 Å². The van der Waals surface area contributed by atoms with Crippen molar-refractivity contribution in [1.82, 2.24) is 9.97 Å². The standard InChI is InChI=1S/C32H26N4/c1-17-21-9-5-7-11-23(21)29(33-17)15-31-27-13-26-20(4)36-32(28(26)14-25(27)19(3)35-31)16-30-24-12-8-6-10-22(24)18(2)34-30/h5-16,33-34H,1-4H3/b31-15-,32-16-/i5D,6D,7D,8D,9D,10D,11D,12D. The van der Waals surface area contributed by atoms with Crippen LogP contribution in [-0.4, -0.2) is 21.4 Å². The lowest BCUT2D eigenvalue weighted by Gasteiger charge is -2.07. The minimum Gasteiger partial charge on any atom is -0.358 e. The van der Waals surface area contributed by atoms with Crippen LogP contribution in [0.4, 0.5) is 0 Å². The number of aromatic amines is 2. The summed E-state index contributed by atoms with van der Waals surface area (Å²) in [4.78, 5) is 16.2. The number of hydrogen-bond acceptors (Lipinski definition) is 2. The van der Waals surface area contributed by atoms with Crippen LogP contribution in [-0.2, 0) is 0 Å². The minimum absolute atomic E-state index is 0.0736. The van der Waals surface area contributed by atoms with Crippen molar-refractivity contribution in [2.24, 2.45) is 9.98 Å². The number of hydrogen-bond donors (Lipinski definition) is 2. The molecule has 174 valence electrons. The van der Waals surface area contributed by atoms with E-state index >= 15 is 0 Å².